The molecular weight excluding hydrogens is 331 g/mol. The number of nitrogens with one attached hydrogen (secondary N) is 1. The highest BCUT2D eigenvalue weighted by atomic mass is 19.4. The van der Waals surface area contributed by atoms with E-state index in [-0.39, 0.29) is 12.5 Å². The highest BCUT2D eigenvalue weighted by Gasteiger charge is 2.41. The van der Waals surface area contributed by atoms with E-state index in [0.717, 1.165) is 17.7 Å². The molecule has 25 heavy (non-hydrogen) atoms. The Kier molecular flexibility index (Phi) is 5.13. The van der Waals surface area contributed by atoms with Crippen LogP contribution >= 0.6 is 0 Å². The molecule has 0 radical (unpaired) electrons. The number of aliphatic hydroxyl groups is 2. The van der Waals surface area contributed by atoms with Gasteiger partial charge in [0, 0.05) is 18.5 Å². The molecule has 1 aliphatic rings. The van der Waals surface area contributed by atoms with Crippen molar-refractivity contribution in [1.82, 2.24) is 5.32 Å². The van der Waals surface area contributed by atoms with Gasteiger partial charge in [-0.3, -0.25) is 0 Å². The van der Waals surface area contributed by atoms with Crippen LogP contribution in [0.2, 0.25) is 0 Å². The van der Waals surface area contributed by atoms with Crippen LogP contribution in [0.25, 0.3) is 0 Å². The van der Waals surface area contributed by atoms with Gasteiger partial charge in [-0.1, -0.05) is 48.5 Å². The molecule has 0 aromatic heterocycles. The van der Waals surface area contributed by atoms with Crippen LogP contribution in [0.4, 0.5) is 13.2 Å². The van der Waals surface area contributed by atoms with Gasteiger partial charge in [-0.2, -0.15) is 13.2 Å². The largest absolute Gasteiger partial charge is 0.416 e. The number of hydrogen-bond acceptors (Lipinski definition) is 3. The molecule has 3 nitrogen and oxygen atoms in total. The maximum absolute atomic E-state index is 12.8. The van der Waals surface area contributed by atoms with Crippen LogP contribution in [0, 0.1) is 0 Å². The fraction of sp³-hybridized carbons (Fsp3) is 0.368. The third kappa shape index (κ3) is 4.03. The summed E-state index contributed by atoms with van der Waals surface area (Å²) >= 11 is 0. The molecule has 134 valence electrons. The Labute approximate surface area is 144 Å². The second kappa shape index (κ2) is 7.15. The van der Waals surface area contributed by atoms with E-state index in [1.165, 1.54) is 6.07 Å². The SMILES string of the molecule is O[C@H]1[C@H](NCc2cccc(C(F)(F)F)c2)[C@@H](c2ccccc2)C[C@H]1O. The highest BCUT2D eigenvalue weighted by molar-refractivity contribution is 5.27. The molecule has 2 aromatic rings. The zero-order chi connectivity index (χ0) is 18.0. The Balaban J connectivity index is 1.74. The molecule has 4 atom stereocenters. The lowest BCUT2D eigenvalue weighted by Gasteiger charge is -2.24. The maximum atomic E-state index is 12.8. The number of aliphatic hydroxyl groups excluding tert-OH is 2. The van der Waals surface area contributed by atoms with Crippen molar-refractivity contribution in [3.63, 3.8) is 0 Å². The second-order valence-corrected chi connectivity index (χ2v) is 6.42. The van der Waals surface area contributed by atoms with E-state index in [2.05, 4.69) is 5.32 Å². The first kappa shape index (κ1) is 17.9. The summed E-state index contributed by atoms with van der Waals surface area (Å²) in [4.78, 5) is 0. The summed E-state index contributed by atoms with van der Waals surface area (Å²) in [5.41, 5.74) is 0.772. The zero-order valence-electron chi connectivity index (χ0n) is 13.4. The molecule has 6 heteroatoms. The van der Waals surface area contributed by atoms with Gasteiger partial charge < -0.3 is 15.5 Å². The van der Waals surface area contributed by atoms with E-state index in [0.29, 0.717) is 12.0 Å². The van der Waals surface area contributed by atoms with Crippen molar-refractivity contribution in [3.8, 4) is 0 Å². The summed E-state index contributed by atoms with van der Waals surface area (Å²) in [7, 11) is 0. The van der Waals surface area contributed by atoms with Crippen LogP contribution in [0.3, 0.4) is 0 Å². The Bertz CT molecular complexity index is 705. The summed E-state index contributed by atoms with van der Waals surface area (Å²) in [6.45, 7) is 0.182. The first-order valence-corrected chi connectivity index (χ1v) is 8.17. The van der Waals surface area contributed by atoms with E-state index in [9.17, 15) is 23.4 Å². The van der Waals surface area contributed by atoms with Crippen LogP contribution in [0.15, 0.2) is 54.6 Å². The minimum Gasteiger partial charge on any atom is -0.390 e. The number of benzene rings is 2. The van der Waals surface area contributed by atoms with Gasteiger partial charge >= 0.3 is 6.18 Å². The summed E-state index contributed by atoms with van der Waals surface area (Å²) in [6, 6.07) is 14.2. The van der Waals surface area contributed by atoms with Crippen molar-refractivity contribution in [2.45, 2.75) is 43.3 Å². The molecule has 1 saturated carbocycles. The molecule has 0 aliphatic heterocycles. The van der Waals surface area contributed by atoms with E-state index < -0.39 is 30.0 Å². The lowest BCUT2D eigenvalue weighted by molar-refractivity contribution is -0.137. The van der Waals surface area contributed by atoms with Crippen molar-refractivity contribution in [2.24, 2.45) is 0 Å². The van der Waals surface area contributed by atoms with Crippen molar-refractivity contribution < 1.29 is 23.4 Å². The molecule has 0 spiro atoms. The summed E-state index contributed by atoms with van der Waals surface area (Å²) in [5.74, 6) is -0.100. The van der Waals surface area contributed by atoms with Crippen molar-refractivity contribution >= 4 is 0 Å². The number of rotatable bonds is 4. The van der Waals surface area contributed by atoms with Gasteiger partial charge in [0.1, 0.15) is 0 Å². The monoisotopic (exact) mass is 351 g/mol. The molecule has 1 aliphatic carbocycles. The molecule has 2 aromatic carbocycles. The molecule has 3 N–H and O–H groups in total. The fourth-order valence-electron chi connectivity index (χ4n) is 3.42. The van der Waals surface area contributed by atoms with E-state index in [1.54, 1.807) is 6.07 Å². The van der Waals surface area contributed by atoms with Gasteiger partial charge in [-0.25, -0.2) is 0 Å². The lowest BCUT2D eigenvalue weighted by atomic mass is 9.93. The average Bonchev–Trinajstić information content (AvgIpc) is 2.88. The molecule has 3 rings (SSSR count). The average molecular weight is 351 g/mol. The topological polar surface area (TPSA) is 52.5 Å². The smallest absolute Gasteiger partial charge is 0.390 e. The van der Waals surface area contributed by atoms with Gasteiger partial charge in [0.2, 0.25) is 0 Å². The first-order valence-electron chi connectivity index (χ1n) is 8.17. The summed E-state index contributed by atoms with van der Waals surface area (Å²) in [6.07, 6.45) is -5.79. The van der Waals surface area contributed by atoms with Crippen LogP contribution in [0.1, 0.15) is 29.0 Å². The Morgan fingerprint density at radius 1 is 1.00 bits per heavy atom. The predicted octanol–water partition coefficient (Wildman–Crippen LogP) is 3.07. The zero-order valence-corrected chi connectivity index (χ0v) is 13.4. The highest BCUT2D eigenvalue weighted by Crippen LogP contribution is 2.35. The molecule has 0 heterocycles. The number of hydrogen-bond donors (Lipinski definition) is 3. The normalized spacial score (nSPS) is 26.8. The third-order valence-electron chi connectivity index (χ3n) is 4.72. The van der Waals surface area contributed by atoms with Crippen LogP contribution in [-0.2, 0) is 12.7 Å². The minimum atomic E-state index is -4.38. The predicted molar refractivity (Wildman–Crippen MR) is 87.9 cm³/mol. The van der Waals surface area contributed by atoms with E-state index >= 15 is 0 Å². The van der Waals surface area contributed by atoms with Gasteiger partial charge in [0.25, 0.3) is 0 Å². The van der Waals surface area contributed by atoms with Gasteiger partial charge in [-0.05, 0) is 23.6 Å². The molecule has 1 fully saturated rings. The third-order valence-corrected chi connectivity index (χ3v) is 4.72. The van der Waals surface area contributed by atoms with Crippen LogP contribution < -0.4 is 5.32 Å². The number of halogens is 3. The quantitative estimate of drug-likeness (QED) is 0.794. The lowest BCUT2D eigenvalue weighted by Crippen LogP contribution is -2.41. The van der Waals surface area contributed by atoms with E-state index in [4.69, 9.17) is 0 Å². The van der Waals surface area contributed by atoms with Crippen molar-refractivity contribution in [1.29, 1.82) is 0 Å². The number of alkyl halides is 3. The molecule has 0 saturated heterocycles. The molecule has 0 bridgehead atoms. The molecule has 0 unspecified atom stereocenters. The van der Waals surface area contributed by atoms with Crippen LogP contribution in [-0.4, -0.2) is 28.5 Å². The second-order valence-electron chi connectivity index (χ2n) is 6.42. The van der Waals surface area contributed by atoms with Crippen molar-refractivity contribution in [2.75, 3.05) is 0 Å². The summed E-state index contributed by atoms with van der Waals surface area (Å²) in [5, 5.41) is 23.4. The molecular formula is C19H20F3NO2. The van der Waals surface area contributed by atoms with Crippen molar-refractivity contribution in [3.05, 3.63) is 71.3 Å². The van der Waals surface area contributed by atoms with Gasteiger partial charge in [-0.15, -0.1) is 0 Å². The Morgan fingerprint density at radius 2 is 1.72 bits per heavy atom. The van der Waals surface area contributed by atoms with Gasteiger partial charge in [0.15, 0.2) is 0 Å². The Morgan fingerprint density at radius 3 is 2.40 bits per heavy atom. The summed E-state index contributed by atoms with van der Waals surface area (Å²) < 4.78 is 38.4. The minimum absolute atomic E-state index is 0.100. The molecule has 0 amide bonds. The van der Waals surface area contributed by atoms with Gasteiger partial charge in [0.05, 0.1) is 17.8 Å². The van der Waals surface area contributed by atoms with Crippen LogP contribution in [0.5, 0.6) is 0 Å². The maximum Gasteiger partial charge on any atom is 0.416 e. The fourth-order valence-corrected chi connectivity index (χ4v) is 3.42. The first-order chi connectivity index (χ1) is 11.9. The standard InChI is InChI=1S/C19H20F3NO2/c20-19(21,22)14-8-4-5-12(9-14)11-23-17-15(10-16(24)18(17)25)13-6-2-1-3-7-13/h1-9,15-18,23-25H,10-11H2/t15-,16-,17-,18-/m1/s1. The van der Waals surface area contributed by atoms with E-state index in [1.807, 2.05) is 30.3 Å². The Hall–Kier alpha value is -1.89.